The maximum atomic E-state index is 11.1. The van der Waals surface area contributed by atoms with Crippen molar-refractivity contribution in [2.45, 2.75) is 32.2 Å². The number of nitro groups is 1. The number of aliphatic hydroxyl groups excluding tert-OH is 1. The first-order valence-corrected chi connectivity index (χ1v) is 6.97. The van der Waals surface area contributed by atoms with Gasteiger partial charge in [0.25, 0.3) is 5.69 Å². The zero-order valence-electron chi connectivity index (χ0n) is 12.2. The average molecular weight is 289 g/mol. The predicted molar refractivity (Wildman–Crippen MR) is 82.4 cm³/mol. The highest BCUT2D eigenvalue weighted by atomic mass is 16.6. The van der Waals surface area contributed by atoms with Crippen LogP contribution in [0, 0.1) is 10.1 Å². The molecule has 0 radical (unpaired) electrons. The smallest absolute Gasteiger partial charge is 0.278 e. The van der Waals surface area contributed by atoms with E-state index in [-0.39, 0.29) is 12.3 Å². The molecule has 0 spiro atoms. The van der Waals surface area contributed by atoms with Crippen molar-refractivity contribution >= 4 is 22.1 Å². The predicted octanol–water partition coefficient (Wildman–Crippen LogP) is 3.11. The van der Waals surface area contributed by atoms with Crippen LogP contribution in [0.25, 0.3) is 10.8 Å². The number of aromatic nitrogens is 1. The molecular weight excluding hydrogens is 270 g/mol. The first kappa shape index (κ1) is 15.2. The van der Waals surface area contributed by atoms with Crippen LogP contribution >= 0.6 is 0 Å². The monoisotopic (exact) mass is 289 g/mol. The number of nitrogens with zero attached hydrogens (tertiary/aromatic N) is 2. The summed E-state index contributed by atoms with van der Waals surface area (Å²) in [7, 11) is 0. The van der Waals surface area contributed by atoms with Crippen LogP contribution in [0.15, 0.2) is 30.6 Å². The van der Waals surface area contributed by atoms with E-state index >= 15 is 0 Å². The number of fused-ring (bicyclic) bond motifs is 1. The fourth-order valence-corrected chi connectivity index (χ4v) is 2.42. The number of rotatable bonds is 6. The first-order chi connectivity index (χ1) is 10.1. The maximum Gasteiger partial charge on any atom is 0.278 e. The quantitative estimate of drug-likeness (QED) is 0.630. The number of non-ortho nitro benzene ring substituents is 1. The SMILES string of the molecule is CCC(CC)(CO)Nc1ccc([N+](=O)[O-])c2cnccc12. The summed E-state index contributed by atoms with van der Waals surface area (Å²) in [6.45, 7) is 4.01. The Bertz CT molecular complexity index is 645. The van der Waals surface area contributed by atoms with E-state index in [1.54, 1.807) is 18.3 Å². The van der Waals surface area contributed by atoms with E-state index in [1.165, 1.54) is 12.3 Å². The van der Waals surface area contributed by atoms with Crippen LogP contribution in [-0.4, -0.2) is 27.2 Å². The Morgan fingerprint density at radius 1 is 1.29 bits per heavy atom. The molecule has 2 rings (SSSR count). The summed E-state index contributed by atoms with van der Waals surface area (Å²) < 4.78 is 0. The molecule has 0 amide bonds. The van der Waals surface area contributed by atoms with Gasteiger partial charge in [-0.2, -0.15) is 0 Å². The Labute approximate surface area is 123 Å². The molecule has 0 fully saturated rings. The lowest BCUT2D eigenvalue weighted by Crippen LogP contribution is -2.40. The Hall–Kier alpha value is -2.21. The summed E-state index contributed by atoms with van der Waals surface area (Å²) in [6.07, 6.45) is 4.61. The van der Waals surface area contributed by atoms with Gasteiger partial charge in [-0.3, -0.25) is 15.1 Å². The first-order valence-electron chi connectivity index (χ1n) is 6.97. The molecule has 112 valence electrons. The van der Waals surface area contributed by atoms with Gasteiger partial charge in [0, 0.05) is 29.5 Å². The highest BCUT2D eigenvalue weighted by molar-refractivity contribution is 5.99. The second-order valence-electron chi connectivity index (χ2n) is 5.08. The number of nitrogens with one attached hydrogen (secondary N) is 1. The molecule has 1 heterocycles. The van der Waals surface area contributed by atoms with Crippen molar-refractivity contribution in [1.82, 2.24) is 4.98 Å². The number of nitro benzene ring substituents is 1. The van der Waals surface area contributed by atoms with Crippen molar-refractivity contribution in [2.75, 3.05) is 11.9 Å². The van der Waals surface area contributed by atoms with Crippen molar-refractivity contribution in [3.8, 4) is 0 Å². The number of benzene rings is 1. The van der Waals surface area contributed by atoms with E-state index in [0.29, 0.717) is 5.39 Å². The number of hydrogen-bond acceptors (Lipinski definition) is 5. The number of hydrogen-bond donors (Lipinski definition) is 2. The third-order valence-electron chi connectivity index (χ3n) is 4.05. The van der Waals surface area contributed by atoms with Crippen molar-refractivity contribution in [3.05, 3.63) is 40.7 Å². The standard InChI is InChI=1S/C15H19N3O3/c1-3-15(4-2,10-19)17-13-5-6-14(18(20)21)12-9-16-8-7-11(12)13/h5-9,17,19H,3-4,10H2,1-2H3. The highest BCUT2D eigenvalue weighted by Crippen LogP contribution is 2.33. The lowest BCUT2D eigenvalue weighted by Gasteiger charge is -2.32. The van der Waals surface area contributed by atoms with Gasteiger partial charge in [0.05, 0.1) is 22.5 Å². The van der Waals surface area contributed by atoms with Crippen molar-refractivity contribution in [1.29, 1.82) is 0 Å². The minimum atomic E-state index is -0.424. The van der Waals surface area contributed by atoms with Gasteiger partial charge in [-0.1, -0.05) is 13.8 Å². The van der Waals surface area contributed by atoms with Gasteiger partial charge in [0.1, 0.15) is 0 Å². The van der Waals surface area contributed by atoms with Crippen molar-refractivity contribution in [2.24, 2.45) is 0 Å². The Kier molecular flexibility index (Phi) is 4.37. The third kappa shape index (κ3) is 2.80. The van der Waals surface area contributed by atoms with Crippen LogP contribution in [0.5, 0.6) is 0 Å². The van der Waals surface area contributed by atoms with Gasteiger partial charge in [-0.05, 0) is 25.0 Å². The summed E-state index contributed by atoms with van der Waals surface area (Å²) >= 11 is 0. The van der Waals surface area contributed by atoms with Gasteiger partial charge in [-0.15, -0.1) is 0 Å². The molecule has 0 saturated carbocycles. The van der Waals surface area contributed by atoms with Gasteiger partial charge in [0.15, 0.2) is 0 Å². The van der Waals surface area contributed by atoms with Crippen molar-refractivity contribution < 1.29 is 10.0 Å². The number of anilines is 1. The second kappa shape index (κ2) is 6.05. The maximum absolute atomic E-state index is 11.1. The second-order valence-corrected chi connectivity index (χ2v) is 5.08. The molecule has 0 saturated heterocycles. The Morgan fingerprint density at radius 3 is 2.57 bits per heavy atom. The van der Waals surface area contributed by atoms with Crippen LogP contribution in [-0.2, 0) is 0 Å². The molecule has 0 aliphatic rings. The van der Waals surface area contributed by atoms with Crippen LogP contribution in [0.2, 0.25) is 0 Å². The average Bonchev–Trinajstić information content (AvgIpc) is 2.52. The fourth-order valence-electron chi connectivity index (χ4n) is 2.42. The van der Waals surface area contributed by atoms with E-state index in [0.717, 1.165) is 23.9 Å². The Balaban J connectivity index is 2.56. The number of aliphatic hydroxyl groups is 1. The molecule has 21 heavy (non-hydrogen) atoms. The Morgan fingerprint density at radius 2 is 2.00 bits per heavy atom. The molecule has 2 aromatic rings. The molecule has 0 unspecified atom stereocenters. The lowest BCUT2D eigenvalue weighted by molar-refractivity contribution is -0.383. The normalized spacial score (nSPS) is 11.6. The van der Waals surface area contributed by atoms with Gasteiger partial charge < -0.3 is 10.4 Å². The topological polar surface area (TPSA) is 88.3 Å². The molecule has 1 aromatic carbocycles. The van der Waals surface area contributed by atoms with Crippen LogP contribution in [0.4, 0.5) is 11.4 Å². The fraction of sp³-hybridized carbons (Fsp3) is 0.400. The van der Waals surface area contributed by atoms with E-state index in [2.05, 4.69) is 10.3 Å². The minimum Gasteiger partial charge on any atom is -0.394 e. The molecule has 6 nitrogen and oxygen atoms in total. The number of pyridine rings is 1. The third-order valence-corrected chi connectivity index (χ3v) is 4.05. The minimum absolute atomic E-state index is 0.00354. The van der Waals surface area contributed by atoms with E-state index in [1.807, 2.05) is 13.8 Å². The van der Waals surface area contributed by atoms with E-state index < -0.39 is 10.5 Å². The lowest BCUT2D eigenvalue weighted by atomic mass is 9.93. The van der Waals surface area contributed by atoms with Crippen molar-refractivity contribution in [3.63, 3.8) is 0 Å². The summed E-state index contributed by atoms with van der Waals surface area (Å²) in [6, 6.07) is 4.91. The summed E-state index contributed by atoms with van der Waals surface area (Å²) in [5.41, 5.74) is 0.383. The van der Waals surface area contributed by atoms with Crippen LogP contribution in [0.1, 0.15) is 26.7 Å². The van der Waals surface area contributed by atoms with E-state index in [4.69, 9.17) is 0 Å². The zero-order valence-corrected chi connectivity index (χ0v) is 12.2. The highest BCUT2D eigenvalue weighted by Gasteiger charge is 2.26. The molecule has 0 atom stereocenters. The van der Waals surface area contributed by atoms with Crippen LogP contribution < -0.4 is 5.32 Å². The zero-order chi connectivity index (χ0) is 15.5. The summed E-state index contributed by atoms with van der Waals surface area (Å²) in [4.78, 5) is 14.7. The summed E-state index contributed by atoms with van der Waals surface area (Å²) in [5.74, 6) is 0. The van der Waals surface area contributed by atoms with Gasteiger partial charge in [0.2, 0.25) is 0 Å². The molecular formula is C15H19N3O3. The molecule has 2 N–H and O–H groups in total. The molecule has 0 aliphatic heterocycles. The molecule has 0 aliphatic carbocycles. The summed E-state index contributed by atoms with van der Waals surface area (Å²) in [5, 5.41) is 25.3. The molecule has 1 aromatic heterocycles. The van der Waals surface area contributed by atoms with Gasteiger partial charge >= 0.3 is 0 Å². The molecule has 0 bridgehead atoms. The van der Waals surface area contributed by atoms with Crippen LogP contribution in [0.3, 0.4) is 0 Å². The van der Waals surface area contributed by atoms with Gasteiger partial charge in [-0.25, -0.2) is 0 Å². The molecule has 6 heteroatoms. The van der Waals surface area contributed by atoms with E-state index in [9.17, 15) is 15.2 Å². The largest absolute Gasteiger partial charge is 0.394 e.